The van der Waals surface area contributed by atoms with Crippen molar-refractivity contribution in [1.82, 2.24) is 0 Å². The standard InChI is InChI=1S/C20H26O5/c1-13-19(12-21-4)10-16(17-20(13,19)25-18(2,3)24-17)23-11-14-6-8-15(22-5)9-7-14/h6-9,16-17H,1,10-12H2,2-5H3/t16?,17-,19-,20+/m0/s1. The van der Waals surface area contributed by atoms with Gasteiger partial charge in [0.25, 0.3) is 0 Å². The Morgan fingerprint density at radius 1 is 1.20 bits per heavy atom. The zero-order valence-corrected chi connectivity index (χ0v) is 15.3. The molecule has 2 aliphatic carbocycles. The number of hydrogen-bond donors (Lipinski definition) is 0. The van der Waals surface area contributed by atoms with Crippen LogP contribution in [-0.2, 0) is 25.6 Å². The van der Waals surface area contributed by atoms with Crippen molar-refractivity contribution in [3.8, 4) is 5.75 Å². The molecule has 0 radical (unpaired) electrons. The maximum absolute atomic E-state index is 6.32. The Bertz CT molecular complexity index is 682. The molecule has 4 atom stereocenters. The second kappa shape index (κ2) is 5.55. The van der Waals surface area contributed by atoms with Crippen molar-refractivity contribution in [1.29, 1.82) is 0 Å². The molecule has 1 unspecified atom stereocenters. The molecule has 0 N–H and O–H groups in total. The van der Waals surface area contributed by atoms with E-state index in [1.165, 1.54) is 0 Å². The molecule has 1 heterocycles. The van der Waals surface area contributed by atoms with Crippen LogP contribution in [0.25, 0.3) is 0 Å². The van der Waals surface area contributed by atoms with E-state index in [1.807, 2.05) is 38.1 Å². The molecule has 1 aromatic carbocycles. The maximum atomic E-state index is 6.32. The summed E-state index contributed by atoms with van der Waals surface area (Å²) in [5.41, 5.74) is 1.54. The summed E-state index contributed by atoms with van der Waals surface area (Å²) in [5.74, 6) is 0.208. The second-order valence-corrected chi connectivity index (χ2v) is 7.67. The van der Waals surface area contributed by atoms with E-state index in [1.54, 1.807) is 14.2 Å². The molecular formula is C20H26O5. The SMILES string of the molecule is C=C1[C@@]2(COC)CC(OCc3ccc(OC)cc3)[C@@H]3OC(C)(C)O[C@]132. The highest BCUT2D eigenvalue weighted by Crippen LogP contribution is 2.76. The fourth-order valence-corrected chi connectivity index (χ4v) is 4.68. The Morgan fingerprint density at radius 3 is 2.56 bits per heavy atom. The van der Waals surface area contributed by atoms with Gasteiger partial charge in [0.1, 0.15) is 17.5 Å². The molecule has 5 heteroatoms. The van der Waals surface area contributed by atoms with Crippen molar-refractivity contribution in [3.63, 3.8) is 0 Å². The molecular weight excluding hydrogens is 320 g/mol. The van der Waals surface area contributed by atoms with Crippen molar-refractivity contribution in [2.45, 2.75) is 50.5 Å². The first-order valence-electron chi connectivity index (χ1n) is 8.70. The number of benzene rings is 1. The zero-order valence-electron chi connectivity index (χ0n) is 15.3. The Balaban J connectivity index is 1.50. The van der Waals surface area contributed by atoms with Crippen molar-refractivity contribution >= 4 is 0 Å². The minimum Gasteiger partial charge on any atom is -0.497 e. The molecule has 2 saturated carbocycles. The molecule has 0 amide bonds. The molecule has 1 aromatic rings. The third-order valence-corrected chi connectivity index (χ3v) is 5.79. The van der Waals surface area contributed by atoms with Crippen LogP contribution >= 0.6 is 0 Å². The molecule has 25 heavy (non-hydrogen) atoms. The van der Waals surface area contributed by atoms with Gasteiger partial charge in [0, 0.05) is 7.11 Å². The monoisotopic (exact) mass is 346 g/mol. The van der Waals surface area contributed by atoms with Gasteiger partial charge in [-0.1, -0.05) is 18.7 Å². The lowest BCUT2D eigenvalue weighted by Gasteiger charge is -2.24. The lowest BCUT2D eigenvalue weighted by molar-refractivity contribution is -0.173. The minimum absolute atomic E-state index is 0.0375. The number of methoxy groups -OCH3 is 2. The third-order valence-electron chi connectivity index (χ3n) is 5.79. The van der Waals surface area contributed by atoms with Gasteiger partial charge in [-0.05, 0) is 43.5 Å². The van der Waals surface area contributed by atoms with Crippen LogP contribution in [0.2, 0.25) is 0 Å². The summed E-state index contributed by atoms with van der Waals surface area (Å²) in [6, 6.07) is 7.92. The first kappa shape index (κ1) is 17.0. The first-order chi connectivity index (χ1) is 11.9. The van der Waals surface area contributed by atoms with E-state index in [2.05, 4.69) is 6.58 Å². The van der Waals surface area contributed by atoms with E-state index in [0.717, 1.165) is 23.3 Å². The molecule has 5 nitrogen and oxygen atoms in total. The van der Waals surface area contributed by atoms with Gasteiger partial charge in [0.2, 0.25) is 0 Å². The third kappa shape index (κ3) is 2.30. The van der Waals surface area contributed by atoms with Crippen LogP contribution in [-0.4, -0.2) is 44.4 Å². The predicted octanol–water partition coefficient (Wildman–Crippen LogP) is 3.08. The van der Waals surface area contributed by atoms with Gasteiger partial charge in [0.05, 0.1) is 31.8 Å². The van der Waals surface area contributed by atoms with E-state index in [4.69, 9.17) is 23.7 Å². The largest absolute Gasteiger partial charge is 0.497 e. The average molecular weight is 346 g/mol. The molecule has 4 rings (SSSR count). The van der Waals surface area contributed by atoms with E-state index < -0.39 is 11.4 Å². The Morgan fingerprint density at radius 2 is 1.92 bits per heavy atom. The molecule has 0 bridgehead atoms. The molecule has 3 fully saturated rings. The molecule has 1 spiro atoms. The first-order valence-corrected chi connectivity index (χ1v) is 8.70. The van der Waals surface area contributed by atoms with Gasteiger partial charge in [-0.15, -0.1) is 0 Å². The molecule has 0 aromatic heterocycles. The minimum atomic E-state index is -0.634. The van der Waals surface area contributed by atoms with Crippen molar-refractivity contribution in [3.05, 3.63) is 42.0 Å². The summed E-state index contributed by atoms with van der Waals surface area (Å²) in [6.07, 6.45) is 0.643. The fraction of sp³-hybridized carbons (Fsp3) is 0.600. The van der Waals surface area contributed by atoms with Gasteiger partial charge in [0.15, 0.2) is 5.79 Å². The lowest BCUT2D eigenvalue weighted by atomic mass is 10.0. The van der Waals surface area contributed by atoms with Crippen LogP contribution in [0.4, 0.5) is 0 Å². The van der Waals surface area contributed by atoms with Gasteiger partial charge < -0.3 is 23.7 Å². The van der Waals surface area contributed by atoms with Crippen molar-refractivity contribution in [2.75, 3.05) is 20.8 Å². The van der Waals surface area contributed by atoms with Crippen molar-refractivity contribution < 1.29 is 23.7 Å². The average Bonchev–Trinajstić information content (AvgIpc) is 2.83. The number of hydrogen-bond acceptors (Lipinski definition) is 5. The van der Waals surface area contributed by atoms with Crippen LogP contribution in [0.5, 0.6) is 5.75 Å². The second-order valence-electron chi connectivity index (χ2n) is 7.67. The number of rotatable bonds is 6. The molecule has 136 valence electrons. The summed E-state index contributed by atoms with van der Waals surface area (Å²) < 4.78 is 29.5. The van der Waals surface area contributed by atoms with E-state index >= 15 is 0 Å². The van der Waals surface area contributed by atoms with E-state index in [0.29, 0.717) is 13.2 Å². The summed E-state index contributed by atoms with van der Waals surface area (Å²) in [7, 11) is 3.38. The quantitative estimate of drug-likeness (QED) is 0.741. The fourth-order valence-electron chi connectivity index (χ4n) is 4.68. The van der Waals surface area contributed by atoms with Gasteiger partial charge >= 0.3 is 0 Å². The summed E-state index contributed by atoms with van der Waals surface area (Å²) >= 11 is 0. The topological polar surface area (TPSA) is 46.2 Å². The van der Waals surface area contributed by atoms with Gasteiger partial charge in [-0.25, -0.2) is 0 Å². The smallest absolute Gasteiger partial charge is 0.164 e. The van der Waals surface area contributed by atoms with Crippen LogP contribution in [0.1, 0.15) is 25.8 Å². The highest BCUT2D eigenvalue weighted by molar-refractivity contribution is 5.55. The van der Waals surface area contributed by atoms with Crippen molar-refractivity contribution in [2.24, 2.45) is 5.41 Å². The van der Waals surface area contributed by atoms with Crippen LogP contribution in [0.15, 0.2) is 36.4 Å². The zero-order chi connectivity index (χ0) is 17.9. The summed E-state index contributed by atoms with van der Waals surface area (Å²) in [6.45, 7) is 9.27. The van der Waals surface area contributed by atoms with Crippen LogP contribution in [0, 0.1) is 5.41 Å². The maximum Gasteiger partial charge on any atom is 0.164 e. The lowest BCUT2D eigenvalue weighted by Crippen LogP contribution is -2.34. The molecule has 1 aliphatic heterocycles. The number of ether oxygens (including phenoxy) is 5. The normalized spacial score (nSPS) is 37.7. The predicted molar refractivity (Wildman–Crippen MR) is 92.4 cm³/mol. The molecule has 1 saturated heterocycles. The van der Waals surface area contributed by atoms with Crippen LogP contribution in [0.3, 0.4) is 0 Å². The highest BCUT2D eigenvalue weighted by atomic mass is 16.8. The Hall–Kier alpha value is -1.40. The van der Waals surface area contributed by atoms with Gasteiger partial charge in [-0.3, -0.25) is 0 Å². The van der Waals surface area contributed by atoms with E-state index in [-0.39, 0.29) is 17.6 Å². The Labute approximate surface area is 148 Å². The van der Waals surface area contributed by atoms with E-state index in [9.17, 15) is 0 Å². The summed E-state index contributed by atoms with van der Waals surface area (Å²) in [5, 5.41) is 0. The van der Waals surface area contributed by atoms with Gasteiger partial charge in [-0.2, -0.15) is 0 Å². The molecule has 3 aliphatic rings. The Kier molecular flexibility index (Phi) is 3.78. The summed E-state index contributed by atoms with van der Waals surface area (Å²) in [4.78, 5) is 0. The highest BCUT2D eigenvalue weighted by Gasteiger charge is 2.86. The van der Waals surface area contributed by atoms with Crippen LogP contribution < -0.4 is 4.74 Å².